The van der Waals surface area contributed by atoms with Gasteiger partial charge in [0, 0.05) is 25.1 Å². The molecule has 0 aliphatic carbocycles. The molecule has 0 saturated carbocycles. The molecule has 0 spiro atoms. The normalized spacial score (nSPS) is 12.1. The summed E-state index contributed by atoms with van der Waals surface area (Å²) in [6, 6.07) is 4.98. The van der Waals surface area contributed by atoms with Gasteiger partial charge in [0.2, 0.25) is 0 Å². The number of rotatable bonds is 6. The third-order valence-electron chi connectivity index (χ3n) is 2.99. The van der Waals surface area contributed by atoms with Gasteiger partial charge in [-0.3, -0.25) is 4.79 Å². The second kappa shape index (κ2) is 6.94. The minimum absolute atomic E-state index is 0.138. The van der Waals surface area contributed by atoms with Crippen molar-refractivity contribution in [3.63, 3.8) is 0 Å². The van der Waals surface area contributed by atoms with Gasteiger partial charge in [0.15, 0.2) is 17.3 Å². The van der Waals surface area contributed by atoms with Gasteiger partial charge in [0.05, 0.1) is 0 Å². The van der Waals surface area contributed by atoms with Crippen molar-refractivity contribution < 1.29 is 23.2 Å². The van der Waals surface area contributed by atoms with Gasteiger partial charge in [0.25, 0.3) is 5.91 Å². The number of carbonyl (C=O) groups is 1. The molecule has 2 aromatic rings. The molecule has 1 aromatic carbocycles. The molecule has 2 N–H and O–H groups in total. The summed E-state index contributed by atoms with van der Waals surface area (Å²) in [5, 5.41) is 15.4. The van der Waals surface area contributed by atoms with Crippen molar-refractivity contribution in [3.8, 4) is 0 Å². The van der Waals surface area contributed by atoms with E-state index in [4.69, 9.17) is 0 Å². The fraction of sp³-hybridized carbons (Fsp3) is 0.286. The summed E-state index contributed by atoms with van der Waals surface area (Å²) in [5.41, 5.74) is 0.683. The van der Waals surface area contributed by atoms with Crippen LogP contribution in [0.3, 0.4) is 0 Å². The van der Waals surface area contributed by atoms with E-state index in [1.54, 1.807) is 0 Å². The molecule has 1 amide bonds. The number of aromatic nitrogens is 1. The van der Waals surface area contributed by atoms with Gasteiger partial charge in [-0.1, -0.05) is 11.2 Å². The highest BCUT2D eigenvalue weighted by molar-refractivity contribution is 5.91. The highest BCUT2D eigenvalue weighted by Gasteiger charge is 2.14. The van der Waals surface area contributed by atoms with Crippen LogP contribution in [0.5, 0.6) is 0 Å². The molecule has 0 bridgehead atoms. The zero-order chi connectivity index (χ0) is 15.2. The average molecular weight is 296 g/mol. The quantitative estimate of drug-likeness (QED) is 0.847. The lowest BCUT2D eigenvalue weighted by Gasteiger charge is -2.14. The lowest BCUT2D eigenvalue weighted by atomic mass is 10.00. The lowest BCUT2D eigenvalue weighted by Crippen LogP contribution is -2.32. The number of benzene rings is 1. The standard InChI is InChI=1S/C14H14F2N2O3/c15-11-2-1-9(6-12(11)16)5-10(8-19)7-17-14(20)13-3-4-21-18-13/h1-4,6,10,19H,5,7-8H2,(H,17,20)/t10-/m0/s1. The predicted molar refractivity (Wildman–Crippen MR) is 69.5 cm³/mol. The second-order valence-electron chi connectivity index (χ2n) is 4.60. The fourth-order valence-corrected chi connectivity index (χ4v) is 1.86. The Balaban J connectivity index is 1.91. The molecule has 0 fully saturated rings. The van der Waals surface area contributed by atoms with Gasteiger partial charge in [-0.05, 0) is 24.1 Å². The van der Waals surface area contributed by atoms with Gasteiger partial charge < -0.3 is 14.9 Å². The third-order valence-corrected chi connectivity index (χ3v) is 2.99. The van der Waals surface area contributed by atoms with Crippen LogP contribution in [0.15, 0.2) is 35.1 Å². The first kappa shape index (κ1) is 15.1. The maximum Gasteiger partial charge on any atom is 0.273 e. The zero-order valence-electron chi connectivity index (χ0n) is 11.1. The zero-order valence-corrected chi connectivity index (χ0v) is 11.1. The number of hydrogen-bond acceptors (Lipinski definition) is 4. The Morgan fingerprint density at radius 1 is 1.33 bits per heavy atom. The molecular weight excluding hydrogens is 282 g/mol. The molecule has 0 aliphatic rings. The molecule has 112 valence electrons. The molecule has 21 heavy (non-hydrogen) atoms. The van der Waals surface area contributed by atoms with E-state index in [0.29, 0.717) is 12.0 Å². The molecule has 1 aromatic heterocycles. The number of aliphatic hydroxyl groups excluding tert-OH is 1. The Kier molecular flexibility index (Phi) is 4.99. The summed E-state index contributed by atoms with van der Waals surface area (Å²) < 4.78 is 30.5. The van der Waals surface area contributed by atoms with Crippen LogP contribution >= 0.6 is 0 Å². The molecular formula is C14H14F2N2O3. The average Bonchev–Trinajstić information content (AvgIpc) is 3.01. The molecule has 7 heteroatoms. The number of nitrogens with zero attached hydrogens (tertiary/aromatic N) is 1. The predicted octanol–water partition coefficient (Wildman–Crippen LogP) is 1.53. The molecule has 5 nitrogen and oxygen atoms in total. The highest BCUT2D eigenvalue weighted by Crippen LogP contribution is 2.13. The van der Waals surface area contributed by atoms with E-state index in [1.165, 1.54) is 18.4 Å². The molecule has 1 heterocycles. The van der Waals surface area contributed by atoms with Crippen LogP contribution in [0.2, 0.25) is 0 Å². The summed E-state index contributed by atoms with van der Waals surface area (Å²) in [7, 11) is 0. The first-order valence-corrected chi connectivity index (χ1v) is 6.33. The van der Waals surface area contributed by atoms with Gasteiger partial charge in [-0.2, -0.15) is 0 Å². The first-order valence-electron chi connectivity index (χ1n) is 6.33. The molecule has 0 saturated heterocycles. The van der Waals surface area contributed by atoms with E-state index in [0.717, 1.165) is 12.1 Å². The van der Waals surface area contributed by atoms with Crippen LogP contribution in [-0.4, -0.2) is 29.3 Å². The van der Waals surface area contributed by atoms with Crippen molar-refractivity contribution in [2.45, 2.75) is 6.42 Å². The van der Waals surface area contributed by atoms with E-state index in [9.17, 15) is 18.7 Å². The van der Waals surface area contributed by atoms with Gasteiger partial charge >= 0.3 is 0 Å². The van der Waals surface area contributed by atoms with Crippen molar-refractivity contribution in [1.82, 2.24) is 10.5 Å². The van der Waals surface area contributed by atoms with Crippen LogP contribution in [0, 0.1) is 17.6 Å². The molecule has 2 rings (SSSR count). The van der Waals surface area contributed by atoms with Crippen LogP contribution in [0.1, 0.15) is 16.1 Å². The van der Waals surface area contributed by atoms with Crippen molar-refractivity contribution in [2.75, 3.05) is 13.2 Å². The van der Waals surface area contributed by atoms with Crippen LogP contribution in [-0.2, 0) is 6.42 Å². The van der Waals surface area contributed by atoms with Crippen molar-refractivity contribution in [2.24, 2.45) is 5.92 Å². The summed E-state index contributed by atoms with van der Waals surface area (Å²) in [6.45, 7) is -0.0146. The van der Waals surface area contributed by atoms with E-state index >= 15 is 0 Å². The third kappa shape index (κ3) is 4.09. The summed E-state index contributed by atoms with van der Waals surface area (Å²) in [6.07, 6.45) is 1.59. The Labute approximate surface area is 119 Å². The van der Waals surface area contributed by atoms with E-state index in [-0.39, 0.29) is 24.8 Å². The van der Waals surface area contributed by atoms with Gasteiger partial charge in [0.1, 0.15) is 6.26 Å². The molecule has 0 aliphatic heterocycles. The Hall–Kier alpha value is -2.28. The number of aliphatic hydroxyl groups is 1. The summed E-state index contributed by atoms with van der Waals surface area (Å²) >= 11 is 0. The van der Waals surface area contributed by atoms with E-state index in [2.05, 4.69) is 15.0 Å². The number of carbonyl (C=O) groups excluding carboxylic acids is 1. The van der Waals surface area contributed by atoms with Crippen molar-refractivity contribution >= 4 is 5.91 Å². The van der Waals surface area contributed by atoms with Gasteiger partial charge in [-0.15, -0.1) is 0 Å². The Bertz CT molecular complexity index is 602. The Morgan fingerprint density at radius 3 is 2.76 bits per heavy atom. The van der Waals surface area contributed by atoms with Crippen LogP contribution < -0.4 is 5.32 Å². The Morgan fingerprint density at radius 2 is 2.14 bits per heavy atom. The van der Waals surface area contributed by atoms with Crippen LogP contribution in [0.25, 0.3) is 0 Å². The smallest absolute Gasteiger partial charge is 0.273 e. The monoisotopic (exact) mass is 296 g/mol. The van der Waals surface area contributed by atoms with Crippen molar-refractivity contribution in [3.05, 3.63) is 53.4 Å². The fourth-order valence-electron chi connectivity index (χ4n) is 1.86. The number of hydrogen-bond donors (Lipinski definition) is 2. The maximum absolute atomic E-state index is 13.1. The highest BCUT2D eigenvalue weighted by atomic mass is 19.2. The maximum atomic E-state index is 13.1. The SMILES string of the molecule is O=C(NC[C@@H](CO)Cc1ccc(F)c(F)c1)c1ccon1. The minimum Gasteiger partial charge on any atom is -0.396 e. The van der Waals surface area contributed by atoms with E-state index in [1.807, 2.05) is 0 Å². The van der Waals surface area contributed by atoms with Crippen LogP contribution in [0.4, 0.5) is 8.78 Å². The first-order chi connectivity index (χ1) is 10.1. The largest absolute Gasteiger partial charge is 0.396 e. The topological polar surface area (TPSA) is 75.4 Å². The molecule has 1 atom stereocenters. The number of halogens is 2. The minimum atomic E-state index is -0.934. The van der Waals surface area contributed by atoms with E-state index < -0.39 is 17.5 Å². The second-order valence-corrected chi connectivity index (χ2v) is 4.60. The van der Waals surface area contributed by atoms with Crippen molar-refractivity contribution in [1.29, 1.82) is 0 Å². The summed E-state index contributed by atoms with van der Waals surface area (Å²) in [4.78, 5) is 11.7. The van der Waals surface area contributed by atoms with Gasteiger partial charge in [-0.25, -0.2) is 8.78 Å². The molecule has 0 unspecified atom stereocenters. The molecule has 0 radical (unpaired) electrons. The lowest BCUT2D eigenvalue weighted by molar-refractivity contribution is 0.0931. The summed E-state index contributed by atoms with van der Waals surface area (Å²) in [5.74, 6) is -2.59. The number of nitrogens with one attached hydrogen (secondary N) is 1. The number of amides is 1.